The van der Waals surface area contributed by atoms with E-state index in [9.17, 15) is 0 Å². The SMILES string of the molecule is CC#CCC1CCC2C[C@@H]2C2(C1)CC2CC. The molecule has 0 aromatic heterocycles. The van der Waals surface area contributed by atoms with Crippen LogP contribution in [-0.4, -0.2) is 0 Å². The minimum atomic E-state index is 0.815. The molecule has 0 radical (unpaired) electrons. The lowest BCUT2D eigenvalue weighted by Crippen LogP contribution is -2.12. The molecule has 5 atom stereocenters. The lowest BCUT2D eigenvalue weighted by molar-refractivity contribution is 0.298. The highest BCUT2D eigenvalue weighted by atomic mass is 14.7. The van der Waals surface area contributed by atoms with E-state index in [-0.39, 0.29) is 0 Å². The van der Waals surface area contributed by atoms with E-state index in [0.29, 0.717) is 0 Å². The van der Waals surface area contributed by atoms with Crippen LogP contribution in [0.4, 0.5) is 0 Å². The fourth-order valence-corrected chi connectivity index (χ4v) is 4.59. The summed E-state index contributed by atoms with van der Waals surface area (Å²) in [6, 6.07) is 0. The first-order chi connectivity index (χ1) is 7.80. The van der Waals surface area contributed by atoms with E-state index in [1.165, 1.54) is 32.1 Å². The van der Waals surface area contributed by atoms with E-state index in [1.807, 2.05) is 6.92 Å². The summed E-state index contributed by atoms with van der Waals surface area (Å²) in [7, 11) is 0. The molecule has 88 valence electrons. The van der Waals surface area contributed by atoms with Crippen molar-refractivity contribution in [1.29, 1.82) is 0 Å². The Balaban J connectivity index is 1.70. The maximum absolute atomic E-state index is 3.32. The van der Waals surface area contributed by atoms with Gasteiger partial charge < -0.3 is 0 Å². The molecule has 0 saturated heterocycles. The standard InChI is InChI=1S/C16H24/c1-3-5-6-12-7-8-13-9-15(13)16(10-12)11-14(16)4-2/h12-15H,4,6-11H2,1-2H3/t12?,13?,14?,15-,16?/m0/s1. The van der Waals surface area contributed by atoms with Crippen molar-refractivity contribution in [2.24, 2.45) is 29.1 Å². The van der Waals surface area contributed by atoms with Gasteiger partial charge >= 0.3 is 0 Å². The summed E-state index contributed by atoms with van der Waals surface area (Å²) in [5.41, 5.74) is 0.815. The third-order valence-corrected chi connectivity index (χ3v) is 5.62. The predicted molar refractivity (Wildman–Crippen MR) is 67.8 cm³/mol. The molecular weight excluding hydrogens is 192 g/mol. The molecule has 3 aliphatic carbocycles. The van der Waals surface area contributed by atoms with Gasteiger partial charge in [0.05, 0.1) is 0 Å². The van der Waals surface area contributed by atoms with Crippen molar-refractivity contribution in [3.05, 3.63) is 0 Å². The highest BCUT2D eigenvalue weighted by molar-refractivity contribution is 5.15. The average Bonchev–Trinajstić information content (AvgIpc) is 3.14. The van der Waals surface area contributed by atoms with Gasteiger partial charge in [0.1, 0.15) is 0 Å². The van der Waals surface area contributed by atoms with Crippen LogP contribution >= 0.6 is 0 Å². The summed E-state index contributed by atoms with van der Waals surface area (Å²) in [5.74, 6) is 10.7. The van der Waals surface area contributed by atoms with E-state index in [4.69, 9.17) is 0 Å². The molecule has 3 aliphatic rings. The maximum atomic E-state index is 3.32. The van der Waals surface area contributed by atoms with E-state index in [2.05, 4.69) is 18.8 Å². The van der Waals surface area contributed by atoms with Crippen LogP contribution in [-0.2, 0) is 0 Å². The Hall–Kier alpha value is -0.440. The van der Waals surface area contributed by atoms with Crippen molar-refractivity contribution in [1.82, 2.24) is 0 Å². The molecule has 1 spiro atoms. The highest BCUT2D eigenvalue weighted by Gasteiger charge is 2.65. The number of hydrogen-bond acceptors (Lipinski definition) is 0. The van der Waals surface area contributed by atoms with Crippen LogP contribution in [0.1, 0.15) is 58.8 Å². The summed E-state index contributed by atoms with van der Waals surface area (Å²) in [6.45, 7) is 4.37. The van der Waals surface area contributed by atoms with E-state index in [1.54, 1.807) is 12.8 Å². The van der Waals surface area contributed by atoms with Crippen molar-refractivity contribution < 1.29 is 0 Å². The normalized spacial score (nSPS) is 48.9. The van der Waals surface area contributed by atoms with E-state index < -0.39 is 0 Å². The van der Waals surface area contributed by atoms with Gasteiger partial charge in [0.2, 0.25) is 0 Å². The molecule has 3 rings (SSSR count). The molecule has 3 saturated carbocycles. The minimum Gasteiger partial charge on any atom is -0.107 e. The van der Waals surface area contributed by atoms with Crippen LogP contribution in [0.5, 0.6) is 0 Å². The zero-order valence-corrected chi connectivity index (χ0v) is 10.8. The van der Waals surface area contributed by atoms with Gasteiger partial charge in [0.15, 0.2) is 0 Å². The summed E-state index contributed by atoms with van der Waals surface area (Å²) >= 11 is 0. The third-order valence-electron chi connectivity index (χ3n) is 5.62. The maximum Gasteiger partial charge on any atom is 0.0117 e. The van der Waals surface area contributed by atoms with Crippen LogP contribution in [0.2, 0.25) is 0 Å². The number of hydrogen-bond donors (Lipinski definition) is 0. The van der Waals surface area contributed by atoms with Crippen molar-refractivity contribution >= 4 is 0 Å². The fraction of sp³-hybridized carbons (Fsp3) is 0.875. The molecule has 0 aromatic rings. The zero-order valence-electron chi connectivity index (χ0n) is 10.8. The summed E-state index contributed by atoms with van der Waals surface area (Å²) in [4.78, 5) is 0. The van der Waals surface area contributed by atoms with E-state index >= 15 is 0 Å². The van der Waals surface area contributed by atoms with Gasteiger partial charge in [-0.15, -0.1) is 11.8 Å². The Kier molecular flexibility index (Phi) is 2.54. The molecule has 0 N–H and O–H groups in total. The summed E-state index contributed by atoms with van der Waals surface area (Å²) in [5, 5.41) is 0. The first-order valence-electron chi connectivity index (χ1n) is 7.19. The lowest BCUT2D eigenvalue weighted by atomic mass is 9.84. The van der Waals surface area contributed by atoms with E-state index in [0.717, 1.165) is 29.1 Å². The molecule has 0 aromatic carbocycles. The second kappa shape index (κ2) is 3.80. The molecular formula is C16H24. The van der Waals surface area contributed by atoms with Gasteiger partial charge in [-0.05, 0) is 68.1 Å². The Morgan fingerprint density at radius 1 is 1.25 bits per heavy atom. The van der Waals surface area contributed by atoms with Crippen molar-refractivity contribution in [3.8, 4) is 11.8 Å². The number of fused-ring (bicyclic) bond motifs is 2. The summed E-state index contributed by atoms with van der Waals surface area (Å²) in [6.07, 6.45) is 10.2. The van der Waals surface area contributed by atoms with Crippen LogP contribution < -0.4 is 0 Å². The Morgan fingerprint density at radius 2 is 2.12 bits per heavy atom. The zero-order chi connectivity index (χ0) is 11.2. The Labute approximate surface area is 100 Å². The Bertz CT molecular complexity index is 332. The molecule has 3 fully saturated rings. The molecule has 0 heteroatoms. The van der Waals surface area contributed by atoms with Crippen molar-refractivity contribution in [2.75, 3.05) is 0 Å². The number of rotatable bonds is 2. The summed E-state index contributed by atoms with van der Waals surface area (Å²) < 4.78 is 0. The van der Waals surface area contributed by atoms with Gasteiger partial charge in [-0.2, -0.15) is 0 Å². The Morgan fingerprint density at radius 3 is 2.81 bits per heavy atom. The molecule has 16 heavy (non-hydrogen) atoms. The predicted octanol–water partition coefficient (Wildman–Crippen LogP) is 4.25. The largest absolute Gasteiger partial charge is 0.107 e. The van der Waals surface area contributed by atoms with Crippen molar-refractivity contribution in [3.63, 3.8) is 0 Å². The minimum absolute atomic E-state index is 0.815. The molecule has 4 unspecified atom stereocenters. The van der Waals surface area contributed by atoms with Crippen LogP contribution in [0.3, 0.4) is 0 Å². The fourth-order valence-electron chi connectivity index (χ4n) is 4.59. The quantitative estimate of drug-likeness (QED) is 0.605. The molecule has 0 heterocycles. The second-order valence-electron chi connectivity index (χ2n) is 6.42. The van der Waals surface area contributed by atoms with Gasteiger partial charge in [-0.25, -0.2) is 0 Å². The second-order valence-corrected chi connectivity index (χ2v) is 6.42. The highest BCUT2D eigenvalue weighted by Crippen LogP contribution is 2.73. The third kappa shape index (κ3) is 1.60. The molecule has 0 aliphatic heterocycles. The van der Waals surface area contributed by atoms with Crippen LogP contribution in [0.15, 0.2) is 0 Å². The molecule has 0 bridgehead atoms. The van der Waals surface area contributed by atoms with Gasteiger partial charge in [0, 0.05) is 6.42 Å². The molecule has 0 amide bonds. The van der Waals surface area contributed by atoms with Gasteiger partial charge in [0.25, 0.3) is 0 Å². The topological polar surface area (TPSA) is 0 Å². The van der Waals surface area contributed by atoms with Gasteiger partial charge in [-0.3, -0.25) is 0 Å². The smallest absolute Gasteiger partial charge is 0.0117 e. The average molecular weight is 216 g/mol. The molecule has 0 nitrogen and oxygen atoms in total. The van der Waals surface area contributed by atoms with Crippen LogP contribution in [0.25, 0.3) is 0 Å². The first kappa shape index (κ1) is 10.7. The van der Waals surface area contributed by atoms with Crippen LogP contribution in [0, 0.1) is 40.9 Å². The monoisotopic (exact) mass is 216 g/mol. The van der Waals surface area contributed by atoms with Crippen molar-refractivity contribution in [2.45, 2.75) is 58.8 Å². The lowest BCUT2D eigenvalue weighted by Gasteiger charge is -2.20. The van der Waals surface area contributed by atoms with Gasteiger partial charge in [-0.1, -0.05) is 13.3 Å². The first-order valence-corrected chi connectivity index (χ1v) is 7.19.